The molecule has 5 N–H and O–H groups in total. The Bertz CT molecular complexity index is 193. The Morgan fingerprint density at radius 3 is 2.77 bits per heavy atom. The maximum absolute atomic E-state index is 11.0. The van der Waals surface area contributed by atoms with Crippen molar-refractivity contribution in [1.82, 2.24) is 10.6 Å². The van der Waals surface area contributed by atoms with Crippen molar-refractivity contribution >= 4 is 11.7 Å². The molecule has 0 aliphatic rings. The van der Waals surface area contributed by atoms with E-state index in [1.807, 2.05) is 0 Å². The van der Waals surface area contributed by atoms with Crippen LogP contribution in [0.1, 0.15) is 13.3 Å². The van der Waals surface area contributed by atoms with E-state index < -0.39 is 0 Å². The Kier molecular flexibility index (Phi) is 5.62. The van der Waals surface area contributed by atoms with Crippen LogP contribution in [0.2, 0.25) is 0 Å². The van der Waals surface area contributed by atoms with Crippen LogP contribution in [0.5, 0.6) is 0 Å². The summed E-state index contributed by atoms with van der Waals surface area (Å²) in [7, 11) is 1.57. The van der Waals surface area contributed by atoms with Crippen molar-refractivity contribution in [3.63, 3.8) is 0 Å². The van der Waals surface area contributed by atoms with E-state index in [9.17, 15) is 4.79 Å². The lowest BCUT2D eigenvalue weighted by Gasteiger charge is -2.11. The number of carbonyl (C=O) groups is 1. The minimum absolute atomic E-state index is 0.0838. The van der Waals surface area contributed by atoms with E-state index in [0.717, 1.165) is 0 Å². The quantitative estimate of drug-likeness (QED) is 0.189. The van der Waals surface area contributed by atoms with E-state index >= 15 is 0 Å². The van der Waals surface area contributed by atoms with Crippen LogP contribution in [-0.2, 0) is 4.79 Å². The molecule has 0 bridgehead atoms. The van der Waals surface area contributed by atoms with Crippen molar-refractivity contribution < 1.29 is 10.0 Å². The van der Waals surface area contributed by atoms with Gasteiger partial charge in [0.2, 0.25) is 5.91 Å². The number of carbonyl (C=O) groups excluding carboxylic acids is 1. The average molecular weight is 188 g/mol. The fourth-order valence-corrected chi connectivity index (χ4v) is 0.776. The Balaban J connectivity index is 3.59. The van der Waals surface area contributed by atoms with Crippen LogP contribution in [0.15, 0.2) is 5.16 Å². The third-order valence-corrected chi connectivity index (χ3v) is 1.60. The summed E-state index contributed by atoms with van der Waals surface area (Å²) >= 11 is 0. The number of amides is 1. The molecule has 0 spiro atoms. The van der Waals surface area contributed by atoms with Gasteiger partial charge in [-0.25, -0.2) is 0 Å². The lowest BCUT2D eigenvalue weighted by atomic mass is 10.3. The largest absolute Gasteiger partial charge is 0.409 e. The molecule has 1 unspecified atom stereocenters. The van der Waals surface area contributed by atoms with E-state index in [-0.39, 0.29) is 17.8 Å². The third-order valence-electron chi connectivity index (χ3n) is 1.60. The summed E-state index contributed by atoms with van der Waals surface area (Å²) in [4.78, 5) is 11.0. The maximum atomic E-state index is 11.0. The van der Waals surface area contributed by atoms with Gasteiger partial charge in [0.15, 0.2) is 0 Å². The summed E-state index contributed by atoms with van der Waals surface area (Å²) in [5.74, 6) is 0.0658. The lowest BCUT2D eigenvalue weighted by Crippen LogP contribution is -2.41. The molecule has 0 aromatic heterocycles. The summed E-state index contributed by atoms with van der Waals surface area (Å²) in [5, 5.41) is 16.4. The topological polar surface area (TPSA) is 99.7 Å². The zero-order chi connectivity index (χ0) is 10.3. The summed E-state index contributed by atoms with van der Waals surface area (Å²) in [5.41, 5.74) is 5.23. The van der Waals surface area contributed by atoms with Crippen molar-refractivity contribution in [3.05, 3.63) is 0 Å². The Morgan fingerprint density at radius 2 is 2.31 bits per heavy atom. The predicted octanol–water partition coefficient (Wildman–Crippen LogP) is -1.15. The third kappa shape index (κ3) is 5.02. The summed E-state index contributed by atoms with van der Waals surface area (Å²) < 4.78 is 0. The molecule has 6 heteroatoms. The zero-order valence-corrected chi connectivity index (χ0v) is 7.87. The number of hydrogen-bond donors (Lipinski definition) is 4. The first-order chi connectivity index (χ1) is 6.11. The first-order valence-corrected chi connectivity index (χ1v) is 4.03. The summed E-state index contributed by atoms with van der Waals surface area (Å²) in [6.45, 7) is 2.25. The van der Waals surface area contributed by atoms with Crippen LogP contribution in [0.3, 0.4) is 0 Å². The predicted molar refractivity (Wildman–Crippen MR) is 49.6 cm³/mol. The molecule has 0 aliphatic heterocycles. The van der Waals surface area contributed by atoms with E-state index in [1.54, 1.807) is 14.0 Å². The smallest absolute Gasteiger partial charge is 0.236 e. The second kappa shape index (κ2) is 6.24. The number of nitrogens with two attached hydrogens (primary N) is 1. The van der Waals surface area contributed by atoms with Crippen molar-refractivity contribution in [1.29, 1.82) is 0 Å². The molecule has 0 rings (SSSR count). The number of nitrogens with zero attached hydrogens (tertiary/aromatic N) is 1. The van der Waals surface area contributed by atoms with Crippen LogP contribution in [0.25, 0.3) is 0 Å². The lowest BCUT2D eigenvalue weighted by molar-refractivity contribution is -0.122. The Labute approximate surface area is 77.2 Å². The zero-order valence-electron chi connectivity index (χ0n) is 7.87. The Morgan fingerprint density at radius 1 is 1.69 bits per heavy atom. The molecule has 1 amide bonds. The molecular formula is C7H16N4O2. The molecule has 0 aromatic rings. The van der Waals surface area contributed by atoms with Crippen LogP contribution in [0, 0.1) is 0 Å². The first kappa shape index (κ1) is 11.7. The average Bonchev–Trinajstić information content (AvgIpc) is 2.15. The van der Waals surface area contributed by atoms with E-state index in [1.165, 1.54) is 0 Å². The molecule has 76 valence electrons. The van der Waals surface area contributed by atoms with Crippen LogP contribution < -0.4 is 16.4 Å². The molecule has 0 radical (unpaired) electrons. The second-order valence-electron chi connectivity index (χ2n) is 2.63. The normalized spacial score (nSPS) is 13.8. The molecule has 0 saturated carbocycles. The van der Waals surface area contributed by atoms with Crippen molar-refractivity contribution in [2.45, 2.75) is 19.4 Å². The number of rotatable bonds is 5. The SMILES string of the molecule is CNC(=O)C(C)NCCC(N)=NO. The van der Waals surface area contributed by atoms with E-state index in [4.69, 9.17) is 10.9 Å². The highest BCUT2D eigenvalue weighted by Gasteiger charge is 2.08. The summed E-state index contributed by atoms with van der Waals surface area (Å²) in [6.07, 6.45) is 0.415. The molecule has 0 fully saturated rings. The Hall–Kier alpha value is -1.30. The molecule has 0 saturated heterocycles. The van der Waals surface area contributed by atoms with Crippen LogP contribution in [0.4, 0.5) is 0 Å². The fraction of sp³-hybridized carbons (Fsp3) is 0.714. The molecule has 0 aromatic carbocycles. The molecule has 0 aliphatic carbocycles. The van der Waals surface area contributed by atoms with Gasteiger partial charge in [0.1, 0.15) is 5.84 Å². The number of hydrogen-bond acceptors (Lipinski definition) is 4. The first-order valence-electron chi connectivity index (χ1n) is 4.03. The molecule has 6 nitrogen and oxygen atoms in total. The standard InChI is InChI=1S/C7H16N4O2/c1-5(7(12)9-2)10-4-3-6(8)11-13/h5,10,13H,3-4H2,1-2H3,(H2,8,11)(H,9,12). The van der Waals surface area contributed by atoms with Gasteiger partial charge in [-0.3, -0.25) is 4.79 Å². The maximum Gasteiger partial charge on any atom is 0.236 e. The number of oxime groups is 1. The molecular weight excluding hydrogens is 172 g/mol. The number of likely N-dealkylation sites (N-methyl/N-ethyl adjacent to an activating group) is 1. The number of nitrogens with one attached hydrogen (secondary N) is 2. The van der Waals surface area contributed by atoms with Gasteiger partial charge in [-0.1, -0.05) is 5.16 Å². The van der Waals surface area contributed by atoms with Gasteiger partial charge < -0.3 is 21.6 Å². The van der Waals surface area contributed by atoms with Crippen LogP contribution in [-0.4, -0.2) is 36.6 Å². The molecule has 1 atom stereocenters. The highest BCUT2D eigenvalue weighted by Crippen LogP contribution is 1.83. The monoisotopic (exact) mass is 188 g/mol. The minimum Gasteiger partial charge on any atom is -0.409 e. The van der Waals surface area contributed by atoms with Gasteiger partial charge in [-0.05, 0) is 6.92 Å². The minimum atomic E-state index is -0.267. The number of amidine groups is 1. The highest BCUT2D eigenvalue weighted by molar-refractivity contribution is 5.81. The van der Waals surface area contributed by atoms with Gasteiger partial charge in [0.05, 0.1) is 6.04 Å². The van der Waals surface area contributed by atoms with Crippen molar-refractivity contribution in [2.24, 2.45) is 10.9 Å². The van der Waals surface area contributed by atoms with Crippen molar-refractivity contribution in [3.8, 4) is 0 Å². The van der Waals surface area contributed by atoms with Gasteiger partial charge in [0, 0.05) is 20.0 Å². The van der Waals surface area contributed by atoms with Gasteiger partial charge >= 0.3 is 0 Å². The fourth-order valence-electron chi connectivity index (χ4n) is 0.776. The second-order valence-corrected chi connectivity index (χ2v) is 2.63. The van der Waals surface area contributed by atoms with E-state index in [2.05, 4.69) is 15.8 Å². The van der Waals surface area contributed by atoms with Crippen molar-refractivity contribution in [2.75, 3.05) is 13.6 Å². The molecule has 0 heterocycles. The van der Waals surface area contributed by atoms with E-state index in [0.29, 0.717) is 13.0 Å². The summed E-state index contributed by atoms with van der Waals surface area (Å²) in [6, 6.07) is -0.267. The van der Waals surface area contributed by atoms with Crippen LogP contribution >= 0.6 is 0 Å². The highest BCUT2D eigenvalue weighted by atomic mass is 16.4. The van der Waals surface area contributed by atoms with Gasteiger partial charge in [0.25, 0.3) is 0 Å². The van der Waals surface area contributed by atoms with Gasteiger partial charge in [-0.2, -0.15) is 0 Å². The van der Waals surface area contributed by atoms with Gasteiger partial charge in [-0.15, -0.1) is 0 Å². The molecule has 13 heavy (non-hydrogen) atoms.